The summed E-state index contributed by atoms with van der Waals surface area (Å²) in [7, 11) is -13.3. The van der Waals surface area contributed by atoms with Crippen LogP contribution in [0.1, 0.15) is 303 Å². The van der Waals surface area contributed by atoms with Gasteiger partial charge in [0.2, 0.25) is 0 Å². The van der Waals surface area contributed by atoms with E-state index in [1.807, 2.05) is 19.9 Å². The molecule has 6 aliphatic heterocycles. The first-order valence-electron chi connectivity index (χ1n) is 52.8. The van der Waals surface area contributed by atoms with Gasteiger partial charge in [0.25, 0.3) is 14.3 Å². The Morgan fingerprint density at radius 1 is 0.578 bits per heavy atom. The zero-order valence-corrected chi connectivity index (χ0v) is 99.2. The minimum absolute atomic E-state index is 0.00530. The summed E-state index contributed by atoms with van der Waals surface area (Å²) in [4.78, 5) is 56.5. The molecule has 0 aromatic rings. The van der Waals surface area contributed by atoms with Crippen LogP contribution in [0.3, 0.4) is 0 Å². The smallest absolute Gasteiger partial charge is 0.302 e. The zero-order chi connectivity index (χ0) is 102. The van der Waals surface area contributed by atoms with Crippen LogP contribution in [0.5, 0.6) is 0 Å². The van der Waals surface area contributed by atoms with Crippen molar-refractivity contribution in [2.75, 3.05) is 14.2 Å². The van der Waals surface area contributed by atoms with Crippen molar-refractivity contribution < 1.29 is 103 Å². The number of carbonyl (C=O) groups is 4. The van der Waals surface area contributed by atoms with Gasteiger partial charge in [-0.3, -0.25) is 19.2 Å². The van der Waals surface area contributed by atoms with E-state index in [-0.39, 0.29) is 106 Å². The molecule has 1 unspecified atom stereocenters. The molecule has 29 heteroatoms. The Bertz CT molecular complexity index is 3760. The molecule has 22 nitrogen and oxygen atoms in total. The van der Waals surface area contributed by atoms with Crippen molar-refractivity contribution in [2.45, 2.75) is 551 Å². The van der Waals surface area contributed by atoms with E-state index in [0.717, 1.165) is 66.4 Å². The number of ether oxygens (including phenoxy) is 10. The Morgan fingerprint density at radius 3 is 1.63 bits per heavy atom. The van der Waals surface area contributed by atoms with Gasteiger partial charge >= 0.3 is 11.9 Å². The van der Waals surface area contributed by atoms with E-state index in [0.29, 0.717) is 82.6 Å². The van der Waals surface area contributed by atoms with Gasteiger partial charge in [0, 0.05) is 110 Å². The predicted octanol–water partition coefficient (Wildman–Crippen LogP) is 26.2. The van der Waals surface area contributed by atoms with Crippen molar-refractivity contribution in [2.24, 2.45) is 23.7 Å². The molecule has 0 bridgehead atoms. The number of carbonyl (C=O) groups excluding carboxylic acids is 4. The minimum atomic E-state index is -2.63. The number of hydrogen-bond donors (Lipinski definition) is 1. The number of ketones is 1. The van der Waals surface area contributed by atoms with Crippen molar-refractivity contribution in [1.29, 1.82) is 0 Å². The third-order valence-electron chi connectivity index (χ3n) is 33.3. The van der Waals surface area contributed by atoms with Gasteiger partial charge in [-0.2, -0.15) is 0 Å². The molecular weight excluding hydrogens is 1820 g/mol. The van der Waals surface area contributed by atoms with E-state index in [9.17, 15) is 19.5 Å². The SMILES string of the molecule is C=C/C=C/[C@H](CC(=C)C[C@H]1O[C@@H]([C@H](O[Si](CC)(CC)CC)[C@@]2(OC)C[C@H](O[Si](C)(C)C(C)(C)C)[C@@H](C)[C@@H](CCC/C=C/[C@H]3C[C@H](O[Si](C)(C)C(C)(C)C)C[C@@]4(C[C@@H](OC)C[C@@H](CC(=O)C(C)[C@@H](OC(C)=O)[C@H](C)C(=C)C[C@H]5C[C@](C)(O[Si](CC)(CC)CC)C[C@]6(C[C@@H](OC(C)=O)C[C@H](CC(=O)O[Si](C(C)C)(C(C)C)C(C)C)O6)O5)O4)O3)O2)[C@H](C)[C@@H](O[Si](CC)(CC)CC)[C@@H]1O)O[Si](C)(C)C. The van der Waals surface area contributed by atoms with Gasteiger partial charge in [0.05, 0.1) is 91.2 Å². The molecule has 0 aromatic heterocycles. The first kappa shape index (κ1) is 121. The largest absolute Gasteiger partial charge is 0.518 e. The van der Waals surface area contributed by atoms with Crippen LogP contribution in [-0.4, -0.2) is 222 Å². The number of aliphatic hydroxyl groups excluding tert-OH is 1. The molecular formula is C106H198O22Si7. The fourth-order valence-corrected chi connectivity index (χ4v) is 40.8. The maximum atomic E-state index is 15.5. The molecule has 6 rings (SSSR count). The van der Waals surface area contributed by atoms with Crippen LogP contribution in [0.15, 0.2) is 61.3 Å². The molecule has 782 valence electrons. The van der Waals surface area contributed by atoms with Crippen molar-refractivity contribution in [1.82, 2.24) is 0 Å². The molecule has 6 aliphatic rings. The van der Waals surface area contributed by atoms with E-state index >= 15 is 4.79 Å². The summed E-state index contributed by atoms with van der Waals surface area (Å²) < 4.78 is 123. The normalized spacial score (nSPS) is 30.8. The lowest BCUT2D eigenvalue weighted by molar-refractivity contribution is -0.354. The van der Waals surface area contributed by atoms with Gasteiger partial charge in [0.1, 0.15) is 30.2 Å². The van der Waals surface area contributed by atoms with E-state index in [2.05, 4.69) is 237 Å². The molecule has 0 saturated carbocycles. The maximum Gasteiger partial charge on any atom is 0.302 e. The van der Waals surface area contributed by atoms with Gasteiger partial charge in [-0.05, 0) is 172 Å². The molecule has 135 heavy (non-hydrogen) atoms. The monoisotopic (exact) mass is 2020 g/mol. The van der Waals surface area contributed by atoms with E-state index in [1.54, 1.807) is 20.3 Å². The van der Waals surface area contributed by atoms with Gasteiger partial charge in [0.15, 0.2) is 67.3 Å². The van der Waals surface area contributed by atoms with Crippen molar-refractivity contribution in [3.63, 3.8) is 0 Å². The quantitative estimate of drug-likeness (QED) is 0.0195. The van der Waals surface area contributed by atoms with E-state index < -0.39 is 172 Å². The molecule has 1 N–H and O–H groups in total. The molecule has 0 aliphatic carbocycles. The highest BCUT2D eigenvalue weighted by Crippen LogP contribution is 2.55. The van der Waals surface area contributed by atoms with Crippen LogP contribution in [0.25, 0.3) is 0 Å². The zero-order valence-electron chi connectivity index (χ0n) is 92.2. The molecule has 6 heterocycles. The van der Waals surface area contributed by atoms with E-state index in [1.165, 1.54) is 13.8 Å². The average Bonchev–Trinajstić information content (AvgIpc) is 0.738. The molecule has 0 amide bonds. The average molecular weight is 2020 g/mol. The van der Waals surface area contributed by atoms with Crippen LogP contribution in [0.2, 0.25) is 127 Å². The summed E-state index contributed by atoms with van der Waals surface area (Å²) in [5, 5.41) is 12.8. The summed E-state index contributed by atoms with van der Waals surface area (Å²) in [5.74, 6) is -7.08. The third kappa shape index (κ3) is 31.9. The lowest BCUT2D eigenvalue weighted by Crippen LogP contribution is -2.69. The molecule has 0 aromatic carbocycles. The highest BCUT2D eigenvalue weighted by Gasteiger charge is 2.63. The second-order valence-corrected chi connectivity index (χ2v) is 80.6. The molecule has 6 fully saturated rings. The summed E-state index contributed by atoms with van der Waals surface area (Å²) in [6.07, 6.45) is 8.19. The van der Waals surface area contributed by atoms with Crippen molar-refractivity contribution >= 4 is 81.9 Å². The fraction of sp³-hybridized carbons (Fsp3) is 0.868. The Balaban J connectivity index is 1.34. The van der Waals surface area contributed by atoms with Crippen LogP contribution in [0.4, 0.5) is 0 Å². The van der Waals surface area contributed by atoms with Gasteiger partial charge in [-0.1, -0.05) is 234 Å². The fourth-order valence-electron chi connectivity index (χ4n) is 22.9. The van der Waals surface area contributed by atoms with Crippen molar-refractivity contribution in [3.8, 4) is 0 Å². The molecule has 2 spiro atoms. The highest BCUT2D eigenvalue weighted by atomic mass is 28.4. The number of Topliss-reactive ketones (excluding diaryl/α,β-unsaturated/α-hetero) is 1. The Morgan fingerprint density at radius 2 is 1.11 bits per heavy atom. The summed E-state index contributed by atoms with van der Waals surface area (Å²) in [6.45, 7) is 89.3. The Hall–Kier alpha value is -2.30. The summed E-state index contributed by atoms with van der Waals surface area (Å²) in [6, 6.07) is 8.06. The first-order chi connectivity index (χ1) is 62.5. The first-order valence-corrected chi connectivity index (χ1v) is 71.8. The Kier molecular flexibility index (Phi) is 45.6. The summed E-state index contributed by atoms with van der Waals surface area (Å²) in [5.41, 5.74) is 1.37. The number of unbranched alkanes of at least 4 members (excludes halogenated alkanes) is 1. The van der Waals surface area contributed by atoms with Gasteiger partial charge < -0.3 is 83.5 Å². The maximum absolute atomic E-state index is 15.5. The topological polar surface area (TPSA) is 245 Å². The van der Waals surface area contributed by atoms with Crippen LogP contribution >= 0.6 is 0 Å². The van der Waals surface area contributed by atoms with Crippen LogP contribution in [-0.2, 0) is 97.5 Å². The number of methoxy groups -OCH3 is 2. The Labute approximate surface area is 828 Å². The predicted molar refractivity (Wildman–Crippen MR) is 563 cm³/mol. The summed E-state index contributed by atoms with van der Waals surface area (Å²) >= 11 is 0. The number of esters is 2. The molecule has 24 atom stereocenters. The van der Waals surface area contributed by atoms with E-state index in [4.69, 9.17) is 91.5 Å². The van der Waals surface area contributed by atoms with Gasteiger partial charge in [-0.25, -0.2) is 0 Å². The molecule has 6 saturated heterocycles. The third-order valence-corrected chi connectivity index (χ3v) is 63.4. The lowest BCUT2D eigenvalue weighted by atomic mass is 9.78. The van der Waals surface area contributed by atoms with Crippen LogP contribution in [0, 0.1) is 23.7 Å². The number of aliphatic hydroxyl groups is 1. The number of hydrogen-bond acceptors (Lipinski definition) is 22. The number of allylic oxidation sites excluding steroid dienone is 3. The van der Waals surface area contributed by atoms with Crippen LogP contribution < -0.4 is 0 Å². The second-order valence-electron chi connectivity index (χ2n) is 47.1. The molecule has 0 radical (unpaired) electrons. The number of rotatable bonds is 52. The second kappa shape index (κ2) is 50.7. The van der Waals surface area contributed by atoms with Crippen molar-refractivity contribution in [3.05, 3.63) is 61.3 Å². The minimum Gasteiger partial charge on any atom is -0.518 e. The lowest BCUT2D eigenvalue weighted by Gasteiger charge is -2.57. The standard InChI is InChI=1S/C106H198O22Si7/c1-41-51-55-84(122-129(34,35)36)58-75(17)59-93-96(111)98(126-132(42-2,43-3)44-4)80(22)99(116-93)100(127-133(45-5,46-6)47-7)106(113-33)70-94(124-131(39,40)102(28,29)30)79(21)92(121-106)57-54-52-53-56-83-61-90(123-130(37,38)101(25,26)27)69-104(117-83)67-87(112-32)62-85(118-104)64-91(109)78(20)97(115-82(24)108)77(19)76(18)60-89-66-103(31,128-134(48-8,49-9)50-10)71-105(120-89)68-88(114-81(23)107)63-86(119-105)65-95(110)125-135(72(11)12,73(13)14)74(15)16/h41,51,53,55-56,72-74,77-80,83-90,92-94,96-100,111H,1,17-18,42-50,52,54,57-71H2,2-16,19-40H3/b55-51+,56-53+/t77-,78?,79+,80-,83+,84-,85+,86-,87+,88+,89+,90+,92-,93-,94+,96-,97+,98-,99-,100+,103+,104+,105+,106-/m1/s1. The van der Waals surface area contributed by atoms with Gasteiger partial charge in [-0.15, -0.1) is 0 Å². The highest BCUT2D eigenvalue weighted by molar-refractivity contribution is 6.79.